The van der Waals surface area contributed by atoms with Crippen molar-refractivity contribution in [3.05, 3.63) is 41.0 Å². The summed E-state index contributed by atoms with van der Waals surface area (Å²) in [6.07, 6.45) is 0. The molecule has 0 saturated carbocycles. The highest BCUT2D eigenvalue weighted by Gasteiger charge is 2.24. The lowest BCUT2D eigenvalue weighted by atomic mass is 10.1. The van der Waals surface area contributed by atoms with Gasteiger partial charge in [-0.1, -0.05) is 29.8 Å². The fourth-order valence-electron chi connectivity index (χ4n) is 2.95. The molecule has 5 heteroatoms. The zero-order chi connectivity index (χ0) is 14.8. The summed E-state index contributed by atoms with van der Waals surface area (Å²) in [5.41, 5.74) is 7.95. The number of aromatic nitrogens is 1. The standard InChI is InChI=1S/C16H21ClN4/c1-20-6-7-21(14(9-18)11-20)10-13-8-12-4-2-3-5-15(12)19-16(13)17/h2-5,8,14H,6-7,9-11,18H2,1H3. The van der Waals surface area contributed by atoms with E-state index in [4.69, 9.17) is 17.3 Å². The molecule has 1 aromatic carbocycles. The molecule has 0 amide bonds. The first-order valence-electron chi connectivity index (χ1n) is 7.34. The van der Waals surface area contributed by atoms with Gasteiger partial charge in [0, 0.05) is 49.7 Å². The van der Waals surface area contributed by atoms with Crippen molar-refractivity contribution in [1.82, 2.24) is 14.8 Å². The highest BCUT2D eigenvalue weighted by Crippen LogP contribution is 2.23. The fraction of sp³-hybridized carbons (Fsp3) is 0.438. The minimum Gasteiger partial charge on any atom is -0.329 e. The third-order valence-electron chi connectivity index (χ3n) is 4.20. The molecule has 2 N–H and O–H groups in total. The lowest BCUT2D eigenvalue weighted by Crippen LogP contribution is -2.54. The van der Waals surface area contributed by atoms with Crippen molar-refractivity contribution in [2.75, 3.05) is 33.2 Å². The molecule has 0 aliphatic carbocycles. The molecular formula is C16H21ClN4. The molecule has 4 nitrogen and oxygen atoms in total. The number of piperazine rings is 1. The van der Waals surface area contributed by atoms with Crippen LogP contribution in [0.15, 0.2) is 30.3 Å². The number of para-hydroxylation sites is 1. The number of hydrogen-bond donors (Lipinski definition) is 1. The lowest BCUT2D eigenvalue weighted by molar-refractivity contribution is 0.0881. The molecule has 1 atom stereocenters. The third kappa shape index (κ3) is 3.19. The van der Waals surface area contributed by atoms with Gasteiger partial charge in [0.15, 0.2) is 0 Å². The SMILES string of the molecule is CN1CCN(Cc2cc3ccccc3nc2Cl)C(CN)C1. The molecule has 1 fully saturated rings. The Morgan fingerprint density at radius 3 is 2.95 bits per heavy atom. The predicted octanol–water partition coefficient (Wildman–Crippen LogP) is 1.96. The van der Waals surface area contributed by atoms with E-state index in [0.29, 0.717) is 17.7 Å². The molecule has 0 radical (unpaired) electrons. The van der Waals surface area contributed by atoms with Crippen LogP contribution < -0.4 is 5.73 Å². The molecule has 1 aromatic heterocycles. The Morgan fingerprint density at radius 1 is 1.33 bits per heavy atom. The van der Waals surface area contributed by atoms with Crippen molar-refractivity contribution in [2.45, 2.75) is 12.6 Å². The number of benzene rings is 1. The zero-order valence-electron chi connectivity index (χ0n) is 12.3. The van der Waals surface area contributed by atoms with Crippen LogP contribution >= 0.6 is 11.6 Å². The summed E-state index contributed by atoms with van der Waals surface area (Å²) in [6, 6.07) is 10.6. The van der Waals surface area contributed by atoms with Crippen LogP contribution in [-0.2, 0) is 6.54 Å². The summed E-state index contributed by atoms with van der Waals surface area (Å²) in [6.45, 7) is 4.57. The van der Waals surface area contributed by atoms with Gasteiger partial charge >= 0.3 is 0 Å². The van der Waals surface area contributed by atoms with E-state index in [-0.39, 0.29) is 0 Å². The van der Waals surface area contributed by atoms with E-state index in [1.54, 1.807) is 0 Å². The number of rotatable bonds is 3. The Kier molecular flexibility index (Phi) is 4.40. The minimum atomic E-state index is 0.381. The second-order valence-corrected chi connectivity index (χ2v) is 6.11. The second-order valence-electron chi connectivity index (χ2n) is 5.75. The molecule has 1 aliphatic heterocycles. The number of nitrogens with two attached hydrogens (primary N) is 1. The van der Waals surface area contributed by atoms with E-state index in [9.17, 15) is 0 Å². The van der Waals surface area contributed by atoms with E-state index in [1.165, 1.54) is 0 Å². The van der Waals surface area contributed by atoms with Gasteiger partial charge in [0.1, 0.15) is 5.15 Å². The Morgan fingerprint density at radius 2 is 2.14 bits per heavy atom. The van der Waals surface area contributed by atoms with Crippen LogP contribution in [0.4, 0.5) is 0 Å². The van der Waals surface area contributed by atoms with Crippen molar-refractivity contribution in [1.29, 1.82) is 0 Å². The van der Waals surface area contributed by atoms with Gasteiger partial charge in [-0.15, -0.1) is 0 Å². The molecule has 1 unspecified atom stereocenters. The molecule has 21 heavy (non-hydrogen) atoms. The van der Waals surface area contributed by atoms with Crippen LogP contribution in [0.1, 0.15) is 5.56 Å². The first kappa shape index (κ1) is 14.7. The molecule has 2 heterocycles. The van der Waals surface area contributed by atoms with Gasteiger partial charge in [-0.05, 0) is 19.2 Å². The van der Waals surface area contributed by atoms with E-state index in [2.05, 4.69) is 34.0 Å². The number of pyridine rings is 1. The largest absolute Gasteiger partial charge is 0.329 e. The minimum absolute atomic E-state index is 0.381. The van der Waals surface area contributed by atoms with Crippen LogP contribution in [0, 0.1) is 0 Å². The van der Waals surface area contributed by atoms with Gasteiger partial charge in [-0.2, -0.15) is 0 Å². The Hall–Kier alpha value is -1.20. The molecular weight excluding hydrogens is 284 g/mol. The van der Waals surface area contributed by atoms with Crippen LogP contribution in [0.2, 0.25) is 5.15 Å². The van der Waals surface area contributed by atoms with Gasteiger partial charge in [-0.3, -0.25) is 4.90 Å². The van der Waals surface area contributed by atoms with Crippen LogP contribution in [0.3, 0.4) is 0 Å². The first-order chi connectivity index (χ1) is 10.2. The van der Waals surface area contributed by atoms with Gasteiger partial charge < -0.3 is 10.6 Å². The summed E-state index contributed by atoms with van der Waals surface area (Å²) < 4.78 is 0. The predicted molar refractivity (Wildman–Crippen MR) is 87.5 cm³/mol. The first-order valence-corrected chi connectivity index (χ1v) is 7.72. The monoisotopic (exact) mass is 304 g/mol. The quantitative estimate of drug-likeness (QED) is 0.881. The maximum Gasteiger partial charge on any atom is 0.134 e. The molecule has 2 aromatic rings. The van der Waals surface area contributed by atoms with Gasteiger partial charge in [0.05, 0.1) is 5.52 Å². The number of likely N-dealkylation sites (N-methyl/N-ethyl adjacent to an activating group) is 1. The second kappa shape index (κ2) is 6.28. The van der Waals surface area contributed by atoms with Crippen molar-refractivity contribution >= 4 is 22.5 Å². The maximum atomic E-state index is 6.36. The van der Waals surface area contributed by atoms with E-state index >= 15 is 0 Å². The van der Waals surface area contributed by atoms with E-state index in [1.807, 2.05) is 18.2 Å². The maximum absolute atomic E-state index is 6.36. The van der Waals surface area contributed by atoms with Crippen molar-refractivity contribution in [3.8, 4) is 0 Å². The molecule has 1 saturated heterocycles. The average molecular weight is 305 g/mol. The number of hydrogen-bond acceptors (Lipinski definition) is 4. The van der Waals surface area contributed by atoms with Gasteiger partial charge in [0.25, 0.3) is 0 Å². The van der Waals surface area contributed by atoms with Gasteiger partial charge in [-0.25, -0.2) is 4.98 Å². The summed E-state index contributed by atoms with van der Waals surface area (Å²) >= 11 is 6.36. The molecule has 0 bridgehead atoms. The van der Waals surface area contributed by atoms with Crippen LogP contribution in [0.5, 0.6) is 0 Å². The summed E-state index contributed by atoms with van der Waals surface area (Å²) in [5, 5.41) is 1.73. The Bertz CT molecular complexity index is 631. The molecule has 3 rings (SSSR count). The molecule has 1 aliphatic rings. The van der Waals surface area contributed by atoms with Crippen LogP contribution in [0.25, 0.3) is 10.9 Å². The summed E-state index contributed by atoms with van der Waals surface area (Å²) in [4.78, 5) is 9.25. The smallest absolute Gasteiger partial charge is 0.134 e. The number of fused-ring (bicyclic) bond motifs is 1. The molecule has 0 spiro atoms. The van der Waals surface area contributed by atoms with Crippen molar-refractivity contribution < 1.29 is 0 Å². The fourth-order valence-corrected chi connectivity index (χ4v) is 3.15. The highest BCUT2D eigenvalue weighted by atomic mass is 35.5. The Labute approximate surface area is 130 Å². The highest BCUT2D eigenvalue weighted by molar-refractivity contribution is 6.30. The summed E-state index contributed by atoms with van der Waals surface area (Å²) in [5.74, 6) is 0. The number of nitrogens with zero attached hydrogens (tertiary/aromatic N) is 3. The topological polar surface area (TPSA) is 45.4 Å². The Balaban J connectivity index is 1.85. The number of halogens is 1. The van der Waals surface area contributed by atoms with Crippen molar-refractivity contribution in [2.24, 2.45) is 5.73 Å². The summed E-state index contributed by atoms with van der Waals surface area (Å²) in [7, 11) is 2.14. The lowest BCUT2D eigenvalue weighted by Gasteiger charge is -2.39. The molecule has 112 valence electrons. The average Bonchev–Trinajstić information content (AvgIpc) is 2.49. The van der Waals surface area contributed by atoms with Gasteiger partial charge in [0.2, 0.25) is 0 Å². The third-order valence-corrected chi connectivity index (χ3v) is 4.53. The zero-order valence-corrected chi connectivity index (χ0v) is 13.1. The normalized spacial score (nSPS) is 21.0. The van der Waals surface area contributed by atoms with E-state index in [0.717, 1.165) is 42.6 Å². The van der Waals surface area contributed by atoms with Crippen LogP contribution in [-0.4, -0.2) is 54.1 Å². The van der Waals surface area contributed by atoms with E-state index < -0.39 is 0 Å². The van der Waals surface area contributed by atoms with Crippen molar-refractivity contribution in [3.63, 3.8) is 0 Å².